The van der Waals surface area contributed by atoms with Gasteiger partial charge in [0.15, 0.2) is 11.5 Å². The van der Waals surface area contributed by atoms with E-state index in [0.717, 1.165) is 27.8 Å². The lowest BCUT2D eigenvalue weighted by molar-refractivity contribution is -0.121. The third kappa shape index (κ3) is 4.27. The van der Waals surface area contributed by atoms with Gasteiger partial charge in [0, 0.05) is 35.6 Å². The van der Waals surface area contributed by atoms with Crippen LogP contribution in [0.4, 0.5) is 0 Å². The number of pyridine rings is 1. The highest BCUT2D eigenvalue weighted by Gasteiger charge is 2.24. The average Bonchev–Trinajstić information content (AvgIpc) is 3.26. The second kappa shape index (κ2) is 8.93. The maximum Gasteiger partial charge on any atom is 0.221 e. The van der Waals surface area contributed by atoms with Gasteiger partial charge in [-0.2, -0.15) is 0 Å². The van der Waals surface area contributed by atoms with Gasteiger partial charge < -0.3 is 19.8 Å². The summed E-state index contributed by atoms with van der Waals surface area (Å²) in [4.78, 5) is 20.5. The zero-order valence-electron chi connectivity index (χ0n) is 17.3. The number of nitrogens with zero attached hydrogens (tertiary/aromatic N) is 1. The number of aromatic amines is 1. The van der Waals surface area contributed by atoms with Crippen LogP contribution in [-0.4, -0.2) is 35.1 Å². The maximum absolute atomic E-state index is 12.9. The Morgan fingerprint density at radius 1 is 1.12 bits per heavy atom. The number of rotatable bonds is 6. The van der Waals surface area contributed by atoms with Gasteiger partial charge in [0.05, 0.1) is 6.54 Å². The molecule has 4 aromatic rings. The number of nitrogens with one attached hydrogen (secondary N) is 2. The molecule has 0 aliphatic carbocycles. The first-order valence-electron chi connectivity index (χ1n) is 10.5. The van der Waals surface area contributed by atoms with Crippen LogP contribution in [0.5, 0.6) is 11.5 Å². The van der Waals surface area contributed by atoms with E-state index < -0.39 is 0 Å². The average molecular weight is 448 g/mol. The van der Waals surface area contributed by atoms with Crippen molar-refractivity contribution in [3.05, 3.63) is 89.3 Å². The third-order valence-electron chi connectivity index (χ3n) is 5.63. The van der Waals surface area contributed by atoms with Crippen molar-refractivity contribution in [1.82, 2.24) is 15.3 Å². The first kappa shape index (κ1) is 20.4. The lowest BCUT2D eigenvalue weighted by Gasteiger charge is -2.26. The summed E-state index contributed by atoms with van der Waals surface area (Å²) in [6.45, 7) is 0.761. The van der Waals surface area contributed by atoms with Crippen molar-refractivity contribution in [2.75, 3.05) is 13.2 Å². The van der Waals surface area contributed by atoms with Crippen LogP contribution in [-0.2, 0) is 4.79 Å². The molecule has 1 aliphatic rings. The number of carbonyl (C=O) groups excluding carboxylic acids is 1. The molecule has 0 saturated carbocycles. The lowest BCUT2D eigenvalue weighted by Crippen LogP contribution is -2.41. The van der Waals surface area contributed by atoms with Crippen LogP contribution in [0.3, 0.4) is 0 Å². The van der Waals surface area contributed by atoms with Crippen LogP contribution in [0.25, 0.3) is 10.9 Å². The minimum Gasteiger partial charge on any atom is -0.486 e. The Labute approximate surface area is 190 Å². The van der Waals surface area contributed by atoms with Gasteiger partial charge in [0.1, 0.15) is 17.9 Å². The molecule has 0 saturated heterocycles. The molecule has 2 atom stereocenters. The monoisotopic (exact) mass is 447 g/mol. The number of aromatic nitrogens is 2. The van der Waals surface area contributed by atoms with Crippen LogP contribution < -0.4 is 14.8 Å². The molecule has 3 heterocycles. The molecule has 2 aromatic heterocycles. The van der Waals surface area contributed by atoms with E-state index in [9.17, 15) is 4.79 Å². The van der Waals surface area contributed by atoms with E-state index in [2.05, 4.69) is 21.4 Å². The van der Waals surface area contributed by atoms with Gasteiger partial charge in [0.2, 0.25) is 5.91 Å². The summed E-state index contributed by atoms with van der Waals surface area (Å²) in [6, 6.07) is 19.3. The predicted molar refractivity (Wildman–Crippen MR) is 123 cm³/mol. The summed E-state index contributed by atoms with van der Waals surface area (Å²) in [5.41, 5.74) is 3.01. The van der Waals surface area contributed by atoms with Crippen LogP contribution in [0.2, 0.25) is 5.15 Å². The van der Waals surface area contributed by atoms with E-state index in [1.165, 1.54) is 0 Å². The van der Waals surface area contributed by atoms with Gasteiger partial charge in [-0.05, 0) is 35.4 Å². The molecule has 2 aromatic carbocycles. The zero-order valence-corrected chi connectivity index (χ0v) is 18.0. The summed E-state index contributed by atoms with van der Waals surface area (Å²) in [7, 11) is 0. The van der Waals surface area contributed by atoms with Crippen LogP contribution >= 0.6 is 11.6 Å². The van der Waals surface area contributed by atoms with Gasteiger partial charge in [-0.1, -0.05) is 48.0 Å². The molecule has 1 amide bonds. The number of hydrogen-bond donors (Lipinski definition) is 2. The predicted octanol–water partition coefficient (Wildman–Crippen LogP) is 4.69. The fourth-order valence-electron chi connectivity index (χ4n) is 4.03. The number of halogens is 1. The highest BCUT2D eigenvalue weighted by atomic mass is 35.5. The Hall–Kier alpha value is -3.51. The summed E-state index contributed by atoms with van der Waals surface area (Å²) in [5.74, 6) is 1.18. The number of H-pyrrole nitrogens is 1. The molecule has 7 heteroatoms. The smallest absolute Gasteiger partial charge is 0.221 e. The molecule has 0 fully saturated rings. The molecule has 0 spiro atoms. The van der Waals surface area contributed by atoms with E-state index >= 15 is 0 Å². The topological polar surface area (TPSA) is 76.2 Å². The summed E-state index contributed by atoms with van der Waals surface area (Å²) in [6.07, 6.45) is 3.73. The Morgan fingerprint density at radius 2 is 1.94 bits per heavy atom. The fourth-order valence-corrected chi connectivity index (χ4v) is 4.14. The number of amides is 1. The maximum atomic E-state index is 12.9. The highest BCUT2D eigenvalue weighted by Crippen LogP contribution is 2.34. The summed E-state index contributed by atoms with van der Waals surface area (Å²) in [5, 5.41) is 4.51. The van der Waals surface area contributed by atoms with Crippen molar-refractivity contribution >= 4 is 28.4 Å². The molecule has 0 unspecified atom stereocenters. The molecule has 0 bridgehead atoms. The van der Waals surface area contributed by atoms with Crippen molar-refractivity contribution in [3.8, 4) is 11.5 Å². The van der Waals surface area contributed by atoms with Gasteiger partial charge in [-0.15, -0.1) is 0 Å². The second-order valence-corrected chi connectivity index (χ2v) is 8.15. The number of ether oxygens (including phenoxy) is 2. The zero-order chi connectivity index (χ0) is 21.9. The fraction of sp³-hybridized carbons (Fsp3) is 0.200. The van der Waals surface area contributed by atoms with Crippen LogP contribution in [0, 0.1) is 0 Å². The first-order chi connectivity index (χ1) is 15.7. The third-order valence-corrected chi connectivity index (χ3v) is 5.86. The van der Waals surface area contributed by atoms with Gasteiger partial charge in [-0.3, -0.25) is 4.79 Å². The van der Waals surface area contributed by atoms with E-state index in [1.54, 1.807) is 12.3 Å². The number of hydrogen-bond acceptors (Lipinski definition) is 4. The van der Waals surface area contributed by atoms with E-state index in [0.29, 0.717) is 24.1 Å². The highest BCUT2D eigenvalue weighted by molar-refractivity contribution is 6.29. The summed E-state index contributed by atoms with van der Waals surface area (Å²) >= 11 is 5.99. The summed E-state index contributed by atoms with van der Waals surface area (Å²) < 4.78 is 11.7. The minimum atomic E-state index is -0.238. The lowest BCUT2D eigenvalue weighted by atomic mass is 9.89. The molecule has 162 valence electrons. The molecule has 0 radical (unpaired) electrons. The molecular weight excluding hydrogens is 426 g/mol. The molecule has 5 rings (SSSR count). The molecule has 1 aliphatic heterocycles. The molecule has 32 heavy (non-hydrogen) atoms. The van der Waals surface area contributed by atoms with E-state index in [1.807, 2.05) is 54.7 Å². The Kier molecular flexibility index (Phi) is 5.69. The minimum absolute atomic E-state index is 0.0716. The SMILES string of the molecule is O=C(C[C@@H](c1ccc(Cl)nc1)c1c[nH]c2ccccc12)NC[C@H]1COc2ccccc2O1. The van der Waals surface area contributed by atoms with Crippen molar-refractivity contribution in [2.45, 2.75) is 18.4 Å². The molecule has 2 N–H and O–H groups in total. The van der Waals surface area contributed by atoms with Crippen LogP contribution in [0.1, 0.15) is 23.5 Å². The quantitative estimate of drug-likeness (QED) is 0.420. The first-order valence-corrected chi connectivity index (χ1v) is 10.9. The van der Waals surface area contributed by atoms with Crippen molar-refractivity contribution in [3.63, 3.8) is 0 Å². The number of benzene rings is 2. The van der Waals surface area contributed by atoms with Crippen molar-refractivity contribution in [1.29, 1.82) is 0 Å². The Bertz CT molecular complexity index is 1240. The number of carbonyl (C=O) groups is 1. The van der Waals surface area contributed by atoms with Gasteiger partial charge >= 0.3 is 0 Å². The Morgan fingerprint density at radius 3 is 2.78 bits per heavy atom. The number of para-hydroxylation sites is 3. The number of fused-ring (bicyclic) bond motifs is 2. The van der Waals surface area contributed by atoms with Crippen molar-refractivity contribution < 1.29 is 14.3 Å². The second-order valence-electron chi connectivity index (χ2n) is 7.76. The van der Waals surface area contributed by atoms with Crippen LogP contribution in [0.15, 0.2) is 73.1 Å². The molecule has 6 nitrogen and oxygen atoms in total. The van der Waals surface area contributed by atoms with E-state index in [4.69, 9.17) is 21.1 Å². The van der Waals surface area contributed by atoms with E-state index in [-0.39, 0.29) is 24.3 Å². The standard InChI is InChI=1S/C25H22ClN3O3/c26-24-10-9-16(12-28-24)19(20-14-27-21-6-2-1-5-18(20)21)11-25(30)29-13-17-15-31-22-7-3-4-8-23(22)32-17/h1-10,12,14,17,19,27H,11,13,15H2,(H,29,30)/t17-,19-/m0/s1. The van der Waals surface area contributed by atoms with Gasteiger partial charge in [-0.25, -0.2) is 4.98 Å². The Balaban J connectivity index is 1.31. The normalized spacial score (nSPS) is 16.0. The van der Waals surface area contributed by atoms with Crippen molar-refractivity contribution in [2.24, 2.45) is 0 Å². The van der Waals surface area contributed by atoms with Gasteiger partial charge in [0.25, 0.3) is 0 Å². The molecular formula is C25H22ClN3O3. The largest absolute Gasteiger partial charge is 0.486 e.